The Bertz CT molecular complexity index is 393. The fourth-order valence-electron chi connectivity index (χ4n) is 2.12. The van der Waals surface area contributed by atoms with Gasteiger partial charge in [-0.1, -0.05) is 44.2 Å². The van der Waals surface area contributed by atoms with Crippen molar-refractivity contribution in [3.63, 3.8) is 0 Å². The number of nitrogens with two attached hydrogens (primary N) is 1. The molecule has 0 unspecified atom stereocenters. The molecule has 4 nitrogen and oxygen atoms in total. The highest BCUT2D eigenvalue weighted by Crippen LogP contribution is 2.10. The molecule has 0 fully saturated rings. The van der Waals surface area contributed by atoms with Crippen LogP contribution in [0.15, 0.2) is 30.3 Å². The van der Waals surface area contributed by atoms with Crippen molar-refractivity contribution in [1.82, 2.24) is 4.90 Å². The van der Waals surface area contributed by atoms with Crippen LogP contribution in [0.25, 0.3) is 0 Å². The monoisotopic (exact) mass is 278 g/mol. The van der Waals surface area contributed by atoms with Crippen LogP contribution in [0, 0.1) is 5.92 Å². The maximum absolute atomic E-state index is 12.4. The highest BCUT2D eigenvalue weighted by Gasteiger charge is 2.21. The Morgan fingerprint density at radius 3 is 2.50 bits per heavy atom. The Morgan fingerprint density at radius 2 is 1.95 bits per heavy atom. The summed E-state index contributed by atoms with van der Waals surface area (Å²) in [6.07, 6.45) is 0.705. The summed E-state index contributed by atoms with van der Waals surface area (Å²) in [5.74, 6) is 0.412. The van der Waals surface area contributed by atoms with Gasteiger partial charge in [0.05, 0.1) is 12.6 Å². The van der Waals surface area contributed by atoms with E-state index in [-0.39, 0.29) is 5.91 Å². The summed E-state index contributed by atoms with van der Waals surface area (Å²) >= 11 is 0. The van der Waals surface area contributed by atoms with Crippen LogP contribution in [0.2, 0.25) is 0 Å². The zero-order valence-electron chi connectivity index (χ0n) is 12.7. The van der Waals surface area contributed by atoms with Crippen LogP contribution in [0.1, 0.15) is 25.8 Å². The average Bonchev–Trinajstić information content (AvgIpc) is 2.43. The molecule has 1 rings (SSSR count). The van der Waals surface area contributed by atoms with Crippen molar-refractivity contribution in [2.45, 2.75) is 32.9 Å². The molecule has 1 aromatic rings. The molecule has 1 atom stereocenters. The summed E-state index contributed by atoms with van der Waals surface area (Å²) < 4.78 is 5.09. The molecular weight excluding hydrogens is 252 g/mol. The van der Waals surface area contributed by atoms with E-state index >= 15 is 0 Å². The lowest BCUT2D eigenvalue weighted by Crippen LogP contribution is -2.45. The lowest BCUT2D eigenvalue weighted by molar-refractivity contribution is -0.134. The third kappa shape index (κ3) is 5.72. The minimum Gasteiger partial charge on any atom is -0.383 e. The third-order valence-electron chi connectivity index (χ3n) is 3.14. The van der Waals surface area contributed by atoms with Gasteiger partial charge in [-0.3, -0.25) is 4.79 Å². The fourth-order valence-corrected chi connectivity index (χ4v) is 2.12. The molecule has 1 amide bonds. The van der Waals surface area contributed by atoms with Crippen LogP contribution >= 0.6 is 0 Å². The number of ether oxygens (including phenoxy) is 1. The Kier molecular flexibility index (Phi) is 7.26. The van der Waals surface area contributed by atoms with Crippen LogP contribution in [0.4, 0.5) is 0 Å². The summed E-state index contributed by atoms with van der Waals surface area (Å²) in [6, 6.07) is 9.51. The Hall–Kier alpha value is -1.39. The lowest BCUT2D eigenvalue weighted by Gasteiger charge is -2.26. The number of methoxy groups -OCH3 is 1. The van der Waals surface area contributed by atoms with Gasteiger partial charge in [0.15, 0.2) is 0 Å². The molecule has 20 heavy (non-hydrogen) atoms. The van der Waals surface area contributed by atoms with E-state index in [0.717, 1.165) is 5.56 Å². The van der Waals surface area contributed by atoms with Gasteiger partial charge in [-0.05, 0) is 17.9 Å². The van der Waals surface area contributed by atoms with Crippen molar-refractivity contribution in [1.29, 1.82) is 0 Å². The van der Waals surface area contributed by atoms with E-state index in [4.69, 9.17) is 10.5 Å². The smallest absolute Gasteiger partial charge is 0.239 e. The molecule has 2 N–H and O–H groups in total. The summed E-state index contributed by atoms with van der Waals surface area (Å²) in [5, 5.41) is 0. The minimum absolute atomic E-state index is 0.000368. The zero-order valence-corrected chi connectivity index (χ0v) is 12.7. The van der Waals surface area contributed by atoms with Crippen LogP contribution in [0.5, 0.6) is 0 Å². The van der Waals surface area contributed by atoms with E-state index < -0.39 is 6.04 Å². The van der Waals surface area contributed by atoms with Gasteiger partial charge in [0.1, 0.15) is 0 Å². The quantitative estimate of drug-likeness (QED) is 0.791. The van der Waals surface area contributed by atoms with Crippen LogP contribution in [-0.4, -0.2) is 37.1 Å². The number of hydrogen-bond acceptors (Lipinski definition) is 3. The van der Waals surface area contributed by atoms with Gasteiger partial charge in [0, 0.05) is 20.2 Å². The van der Waals surface area contributed by atoms with E-state index in [2.05, 4.69) is 13.8 Å². The maximum atomic E-state index is 12.4. The topological polar surface area (TPSA) is 55.6 Å². The van der Waals surface area contributed by atoms with Gasteiger partial charge >= 0.3 is 0 Å². The van der Waals surface area contributed by atoms with Gasteiger partial charge in [-0.15, -0.1) is 0 Å². The lowest BCUT2D eigenvalue weighted by atomic mass is 10.0. The Morgan fingerprint density at radius 1 is 1.30 bits per heavy atom. The molecule has 0 aromatic heterocycles. The number of carbonyl (C=O) groups excluding carboxylic acids is 1. The second kappa shape index (κ2) is 8.72. The summed E-state index contributed by atoms with van der Waals surface area (Å²) in [7, 11) is 1.64. The predicted molar refractivity (Wildman–Crippen MR) is 81.2 cm³/mol. The van der Waals surface area contributed by atoms with Crippen molar-refractivity contribution in [3.8, 4) is 0 Å². The van der Waals surface area contributed by atoms with E-state index in [9.17, 15) is 4.79 Å². The minimum atomic E-state index is -0.435. The standard InChI is InChI=1S/C16H26N2O2/c1-13(2)11-15(17)16(19)18(9-10-20-3)12-14-7-5-4-6-8-14/h4-8,13,15H,9-12,17H2,1-3H3/t15-/m0/s1. The van der Waals surface area contributed by atoms with E-state index in [0.29, 0.717) is 32.0 Å². The van der Waals surface area contributed by atoms with Crippen LogP contribution in [0.3, 0.4) is 0 Å². The summed E-state index contributed by atoms with van der Waals surface area (Å²) in [6.45, 7) is 5.81. The SMILES string of the molecule is COCCN(Cc1ccccc1)C(=O)[C@@H](N)CC(C)C. The molecule has 0 spiro atoms. The molecule has 0 aliphatic heterocycles. The first-order valence-electron chi connectivity index (χ1n) is 7.11. The van der Waals surface area contributed by atoms with Crippen LogP contribution < -0.4 is 5.73 Å². The van der Waals surface area contributed by atoms with Gasteiger partial charge < -0.3 is 15.4 Å². The second-order valence-electron chi connectivity index (χ2n) is 5.47. The normalized spacial score (nSPS) is 12.4. The van der Waals surface area contributed by atoms with Crippen molar-refractivity contribution in [3.05, 3.63) is 35.9 Å². The second-order valence-corrected chi connectivity index (χ2v) is 5.47. The van der Waals surface area contributed by atoms with Gasteiger partial charge in [0.2, 0.25) is 5.91 Å². The fraction of sp³-hybridized carbons (Fsp3) is 0.562. The zero-order chi connectivity index (χ0) is 15.0. The molecule has 0 heterocycles. The molecule has 1 aromatic carbocycles. The number of nitrogens with zero attached hydrogens (tertiary/aromatic N) is 1. The molecular formula is C16H26N2O2. The number of benzene rings is 1. The molecule has 0 saturated heterocycles. The van der Waals surface area contributed by atoms with Gasteiger partial charge in [-0.2, -0.15) is 0 Å². The molecule has 0 radical (unpaired) electrons. The molecule has 4 heteroatoms. The van der Waals surface area contributed by atoms with E-state index in [1.165, 1.54) is 0 Å². The number of carbonyl (C=O) groups is 1. The van der Waals surface area contributed by atoms with Crippen molar-refractivity contribution in [2.75, 3.05) is 20.3 Å². The molecule has 0 saturated carbocycles. The number of rotatable bonds is 8. The van der Waals surface area contributed by atoms with E-state index in [1.807, 2.05) is 30.3 Å². The first-order chi connectivity index (χ1) is 9.54. The molecule has 0 bridgehead atoms. The maximum Gasteiger partial charge on any atom is 0.239 e. The summed E-state index contributed by atoms with van der Waals surface area (Å²) in [4.78, 5) is 14.2. The average molecular weight is 278 g/mol. The van der Waals surface area contributed by atoms with E-state index in [1.54, 1.807) is 12.0 Å². The largest absolute Gasteiger partial charge is 0.383 e. The number of hydrogen-bond donors (Lipinski definition) is 1. The number of amides is 1. The molecule has 0 aliphatic carbocycles. The van der Waals surface area contributed by atoms with Crippen LogP contribution in [-0.2, 0) is 16.1 Å². The molecule has 0 aliphatic rings. The highest BCUT2D eigenvalue weighted by molar-refractivity contribution is 5.81. The Balaban J connectivity index is 2.70. The van der Waals surface area contributed by atoms with Crippen molar-refractivity contribution >= 4 is 5.91 Å². The van der Waals surface area contributed by atoms with Gasteiger partial charge in [-0.25, -0.2) is 0 Å². The van der Waals surface area contributed by atoms with Crippen molar-refractivity contribution in [2.24, 2.45) is 11.7 Å². The Labute approximate surface area is 121 Å². The predicted octanol–water partition coefficient (Wildman–Crippen LogP) is 2.03. The molecule has 112 valence electrons. The third-order valence-corrected chi connectivity index (χ3v) is 3.14. The first kappa shape index (κ1) is 16.7. The first-order valence-corrected chi connectivity index (χ1v) is 7.11. The highest BCUT2D eigenvalue weighted by atomic mass is 16.5. The van der Waals surface area contributed by atoms with Gasteiger partial charge in [0.25, 0.3) is 0 Å². The van der Waals surface area contributed by atoms with Crippen molar-refractivity contribution < 1.29 is 9.53 Å². The summed E-state index contributed by atoms with van der Waals surface area (Å²) in [5.41, 5.74) is 7.12.